The van der Waals surface area contributed by atoms with Crippen molar-refractivity contribution in [3.8, 4) is 0 Å². The summed E-state index contributed by atoms with van der Waals surface area (Å²) in [5.41, 5.74) is 2.52. The van der Waals surface area contributed by atoms with Crippen LogP contribution >= 0.6 is 0 Å². The Hall–Kier alpha value is -1.84. The molecule has 1 rings (SSSR count). The highest BCUT2D eigenvalue weighted by Crippen LogP contribution is 2.26. The Labute approximate surface area is 139 Å². The van der Waals surface area contributed by atoms with Crippen LogP contribution in [0.4, 0.5) is 0 Å². The summed E-state index contributed by atoms with van der Waals surface area (Å²) in [7, 11) is 0. The Morgan fingerprint density at radius 1 is 1.17 bits per heavy atom. The minimum Gasteiger partial charge on any atom is -0.462 e. The predicted molar refractivity (Wildman–Crippen MR) is 93.0 cm³/mol. The van der Waals surface area contributed by atoms with Gasteiger partial charge in [-0.05, 0) is 71.1 Å². The lowest BCUT2D eigenvalue weighted by atomic mass is 9.95. The third kappa shape index (κ3) is 5.70. The van der Waals surface area contributed by atoms with E-state index in [1.54, 1.807) is 13.0 Å². The Morgan fingerprint density at radius 3 is 2.35 bits per heavy atom. The van der Waals surface area contributed by atoms with Crippen LogP contribution in [0.2, 0.25) is 0 Å². The van der Waals surface area contributed by atoms with Gasteiger partial charge in [0.25, 0.3) is 0 Å². The normalized spacial score (nSPS) is 15.9. The molecular formula is C19H29NO3. The molecule has 1 aliphatic carbocycles. The molecular weight excluding hydrogens is 290 g/mol. The Balaban J connectivity index is 3.19. The molecule has 23 heavy (non-hydrogen) atoms. The molecule has 0 bridgehead atoms. The van der Waals surface area contributed by atoms with Crippen LogP contribution in [0.15, 0.2) is 35.1 Å². The van der Waals surface area contributed by atoms with E-state index in [1.165, 1.54) is 25.3 Å². The van der Waals surface area contributed by atoms with Gasteiger partial charge in [-0.2, -0.15) is 0 Å². The highest BCUT2D eigenvalue weighted by Gasteiger charge is 2.17. The zero-order valence-electron chi connectivity index (χ0n) is 14.9. The van der Waals surface area contributed by atoms with E-state index in [9.17, 15) is 9.59 Å². The van der Waals surface area contributed by atoms with Crippen LogP contribution in [0.25, 0.3) is 0 Å². The SMILES string of the molecule is CCOC(=O)/C(=C/C=C(\C1=CCCCC1)N(CC)CC)C(C)=O. The molecule has 0 aromatic rings. The summed E-state index contributed by atoms with van der Waals surface area (Å²) in [6, 6.07) is 0. The molecule has 0 spiro atoms. The summed E-state index contributed by atoms with van der Waals surface area (Å²) in [4.78, 5) is 25.9. The van der Waals surface area contributed by atoms with Crippen LogP contribution in [0, 0.1) is 0 Å². The summed E-state index contributed by atoms with van der Waals surface area (Å²) in [6.45, 7) is 9.41. The maximum Gasteiger partial charge on any atom is 0.341 e. The summed E-state index contributed by atoms with van der Waals surface area (Å²) in [5, 5.41) is 0. The van der Waals surface area contributed by atoms with Gasteiger partial charge in [-0.25, -0.2) is 4.79 Å². The highest BCUT2D eigenvalue weighted by atomic mass is 16.5. The lowest BCUT2D eigenvalue weighted by molar-refractivity contribution is -0.139. The molecule has 0 aromatic carbocycles. The number of rotatable bonds is 8. The van der Waals surface area contributed by atoms with Crippen molar-refractivity contribution in [2.24, 2.45) is 0 Å². The standard InChI is InChI=1S/C19H29NO3/c1-5-20(6-2)18(16-11-9-8-10-12-16)14-13-17(15(4)21)19(22)23-7-3/h11,13-14H,5-10,12H2,1-4H3/b17-13+,18-14+. The number of Topliss-reactive ketones (excluding diaryl/α,β-unsaturated/α-hetero) is 1. The quantitative estimate of drug-likeness (QED) is 0.224. The monoisotopic (exact) mass is 319 g/mol. The first-order chi connectivity index (χ1) is 11.0. The second-order valence-electron chi connectivity index (χ2n) is 5.56. The molecule has 128 valence electrons. The zero-order valence-corrected chi connectivity index (χ0v) is 14.9. The number of nitrogens with zero attached hydrogens (tertiary/aromatic N) is 1. The lowest BCUT2D eigenvalue weighted by Gasteiger charge is -2.28. The Kier molecular flexibility index (Phi) is 8.38. The van der Waals surface area contributed by atoms with Gasteiger partial charge in [0.15, 0.2) is 5.78 Å². The van der Waals surface area contributed by atoms with E-state index in [0.717, 1.165) is 31.6 Å². The fourth-order valence-electron chi connectivity index (χ4n) is 2.75. The molecule has 1 aliphatic rings. The van der Waals surface area contributed by atoms with Gasteiger partial charge in [-0.15, -0.1) is 0 Å². The lowest BCUT2D eigenvalue weighted by Crippen LogP contribution is -2.24. The molecule has 0 amide bonds. The second-order valence-corrected chi connectivity index (χ2v) is 5.56. The number of allylic oxidation sites excluding steroid dienone is 4. The molecule has 0 saturated heterocycles. The Morgan fingerprint density at radius 2 is 1.87 bits per heavy atom. The first-order valence-electron chi connectivity index (χ1n) is 8.59. The first-order valence-corrected chi connectivity index (χ1v) is 8.59. The molecule has 4 heteroatoms. The molecule has 0 atom stereocenters. The molecule has 0 radical (unpaired) electrons. The van der Waals surface area contributed by atoms with Crippen LogP contribution in [0.1, 0.15) is 53.4 Å². The number of likely N-dealkylation sites (N-methyl/N-ethyl adjacent to an activating group) is 1. The molecule has 4 nitrogen and oxygen atoms in total. The number of hydrogen-bond acceptors (Lipinski definition) is 4. The predicted octanol–water partition coefficient (Wildman–Crippen LogP) is 3.79. The number of carbonyl (C=O) groups excluding carboxylic acids is 2. The number of esters is 1. The molecule has 0 aromatic heterocycles. The maximum atomic E-state index is 11.9. The maximum absolute atomic E-state index is 11.9. The Bertz CT molecular complexity index is 511. The summed E-state index contributed by atoms with van der Waals surface area (Å²) in [5.74, 6) is -0.816. The highest BCUT2D eigenvalue weighted by molar-refractivity contribution is 6.16. The van der Waals surface area contributed by atoms with Crippen LogP contribution in [0.5, 0.6) is 0 Å². The average molecular weight is 319 g/mol. The topological polar surface area (TPSA) is 46.6 Å². The van der Waals surface area contributed by atoms with Crippen LogP contribution < -0.4 is 0 Å². The van der Waals surface area contributed by atoms with Crippen molar-refractivity contribution in [1.82, 2.24) is 4.90 Å². The minimum atomic E-state index is -0.548. The van der Waals surface area contributed by atoms with Crippen molar-refractivity contribution < 1.29 is 14.3 Å². The van der Waals surface area contributed by atoms with Crippen LogP contribution in [-0.2, 0) is 14.3 Å². The van der Waals surface area contributed by atoms with Crippen molar-refractivity contribution in [3.63, 3.8) is 0 Å². The summed E-state index contributed by atoms with van der Waals surface area (Å²) in [6.07, 6.45) is 10.3. The van der Waals surface area contributed by atoms with Crippen LogP contribution in [-0.4, -0.2) is 36.3 Å². The van der Waals surface area contributed by atoms with E-state index >= 15 is 0 Å². The van der Waals surface area contributed by atoms with Gasteiger partial charge < -0.3 is 9.64 Å². The number of ketones is 1. The van der Waals surface area contributed by atoms with Crippen molar-refractivity contribution in [2.45, 2.75) is 53.4 Å². The van der Waals surface area contributed by atoms with Gasteiger partial charge in [0.1, 0.15) is 5.57 Å². The number of ether oxygens (including phenoxy) is 1. The molecule has 0 heterocycles. The van der Waals surface area contributed by atoms with Gasteiger partial charge >= 0.3 is 5.97 Å². The molecule has 0 N–H and O–H groups in total. The zero-order chi connectivity index (χ0) is 17.2. The van der Waals surface area contributed by atoms with E-state index in [1.807, 2.05) is 6.08 Å². The molecule has 0 saturated carbocycles. The second kappa shape index (κ2) is 10.0. The number of hydrogen-bond donors (Lipinski definition) is 0. The smallest absolute Gasteiger partial charge is 0.341 e. The van der Waals surface area contributed by atoms with Crippen molar-refractivity contribution in [3.05, 3.63) is 35.1 Å². The summed E-state index contributed by atoms with van der Waals surface area (Å²) >= 11 is 0. The van der Waals surface area contributed by atoms with Crippen molar-refractivity contribution >= 4 is 11.8 Å². The summed E-state index contributed by atoms with van der Waals surface area (Å²) < 4.78 is 4.97. The van der Waals surface area contributed by atoms with E-state index in [-0.39, 0.29) is 18.0 Å². The largest absolute Gasteiger partial charge is 0.462 e. The van der Waals surface area contributed by atoms with Gasteiger partial charge in [-0.3, -0.25) is 4.79 Å². The third-order valence-electron chi connectivity index (χ3n) is 4.01. The molecule has 0 aliphatic heterocycles. The third-order valence-corrected chi connectivity index (χ3v) is 4.01. The van der Waals surface area contributed by atoms with Gasteiger partial charge in [0.2, 0.25) is 0 Å². The van der Waals surface area contributed by atoms with Crippen molar-refractivity contribution in [1.29, 1.82) is 0 Å². The molecule has 0 unspecified atom stereocenters. The van der Waals surface area contributed by atoms with Gasteiger partial charge in [0.05, 0.1) is 6.61 Å². The first kappa shape index (κ1) is 19.2. The van der Waals surface area contributed by atoms with E-state index in [4.69, 9.17) is 4.74 Å². The fourth-order valence-corrected chi connectivity index (χ4v) is 2.75. The average Bonchev–Trinajstić information content (AvgIpc) is 2.55. The van der Waals surface area contributed by atoms with Gasteiger partial charge in [0, 0.05) is 18.8 Å². The van der Waals surface area contributed by atoms with E-state index in [2.05, 4.69) is 24.8 Å². The van der Waals surface area contributed by atoms with Gasteiger partial charge in [-0.1, -0.05) is 6.08 Å². The fraction of sp³-hybridized carbons (Fsp3) is 0.579. The molecule has 0 fully saturated rings. The van der Waals surface area contributed by atoms with Crippen LogP contribution in [0.3, 0.4) is 0 Å². The van der Waals surface area contributed by atoms with E-state index in [0.29, 0.717) is 0 Å². The number of carbonyl (C=O) groups is 2. The van der Waals surface area contributed by atoms with E-state index < -0.39 is 5.97 Å². The minimum absolute atomic E-state index is 0.105. The van der Waals surface area contributed by atoms with Crippen molar-refractivity contribution in [2.75, 3.05) is 19.7 Å².